The Hall–Kier alpha value is -3.71. The van der Waals surface area contributed by atoms with E-state index < -0.39 is 17.7 Å². The number of anilines is 1. The molecule has 1 saturated heterocycles. The number of ether oxygens (including phenoxy) is 3. The molecule has 0 aliphatic carbocycles. The zero-order chi connectivity index (χ0) is 30.5. The number of nitrogens with zero attached hydrogens (tertiary/aromatic N) is 3. The van der Waals surface area contributed by atoms with Gasteiger partial charge in [0.15, 0.2) is 6.10 Å². The first kappa shape index (κ1) is 31.2. The Morgan fingerprint density at radius 2 is 1.74 bits per heavy atom. The molecule has 1 aromatic carbocycles. The minimum Gasteiger partial charge on any atom is -0.487 e. The van der Waals surface area contributed by atoms with Crippen LogP contribution in [-0.2, 0) is 20.9 Å². The van der Waals surface area contributed by atoms with E-state index in [9.17, 15) is 4.79 Å². The van der Waals surface area contributed by atoms with Gasteiger partial charge < -0.3 is 19.1 Å². The van der Waals surface area contributed by atoms with E-state index in [-0.39, 0.29) is 11.5 Å². The molecule has 0 amide bonds. The monoisotopic (exact) mass is 571 g/mol. The molecule has 224 valence electrons. The summed E-state index contributed by atoms with van der Waals surface area (Å²) in [4.78, 5) is 25.6. The number of aromatic nitrogens is 2. The predicted octanol–water partition coefficient (Wildman–Crippen LogP) is 7.80. The van der Waals surface area contributed by atoms with Crippen molar-refractivity contribution in [1.82, 2.24) is 9.97 Å². The summed E-state index contributed by atoms with van der Waals surface area (Å²) in [6.07, 6.45) is 5.98. The summed E-state index contributed by atoms with van der Waals surface area (Å²) in [7, 11) is 0. The van der Waals surface area contributed by atoms with Gasteiger partial charge in [-0.05, 0) is 76.6 Å². The van der Waals surface area contributed by atoms with Crippen molar-refractivity contribution in [2.45, 2.75) is 85.7 Å². The van der Waals surface area contributed by atoms with E-state index in [0.717, 1.165) is 48.4 Å². The lowest BCUT2D eigenvalue weighted by Crippen LogP contribution is -2.39. The summed E-state index contributed by atoms with van der Waals surface area (Å²) in [5, 5.41) is 0. The van der Waals surface area contributed by atoms with Crippen LogP contribution in [0.4, 0.5) is 5.69 Å². The molecule has 3 aromatic rings. The third-order valence-electron chi connectivity index (χ3n) is 7.31. The summed E-state index contributed by atoms with van der Waals surface area (Å²) in [5.74, 6) is 0.229. The largest absolute Gasteiger partial charge is 0.487 e. The van der Waals surface area contributed by atoms with Gasteiger partial charge in [-0.25, -0.2) is 4.79 Å². The summed E-state index contributed by atoms with van der Waals surface area (Å²) in [6.45, 7) is 20.2. The number of carbonyl (C=O) groups is 1. The second-order valence-corrected chi connectivity index (χ2v) is 12.9. The molecular formula is C35H45N3O4. The Balaban J connectivity index is 1.81. The Bertz CT molecular complexity index is 1350. The van der Waals surface area contributed by atoms with E-state index in [2.05, 4.69) is 25.3 Å². The number of hydrogen-bond donors (Lipinski definition) is 0. The van der Waals surface area contributed by atoms with E-state index >= 15 is 0 Å². The van der Waals surface area contributed by atoms with Crippen molar-refractivity contribution >= 4 is 17.7 Å². The lowest BCUT2D eigenvalue weighted by atomic mass is 9.82. The number of piperidine rings is 1. The number of carbonyl (C=O) groups excluding carboxylic acids is 1. The van der Waals surface area contributed by atoms with Gasteiger partial charge in [0.05, 0.1) is 35.0 Å². The van der Waals surface area contributed by atoms with Crippen LogP contribution in [0.25, 0.3) is 17.3 Å². The quantitative estimate of drug-likeness (QED) is 0.230. The molecule has 1 aliphatic rings. The van der Waals surface area contributed by atoms with E-state index in [1.54, 1.807) is 12.3 Å². The van der Waals surface area contributed by atoms with E-state index in [1.807, 2.05) is 83.3 Å². The fraction of sp³-hybridized carbons (Fsp3) is 0.457. The predicted molar refractivity (Wildman–Crippen MR) is 168 cm³/mol. The minimum atomic E-state index is -0.994. The highest BCUT2D eigenvalue weighted by atomic mass is 16.6. The second-order valence-electron chi connectivity index (χ2n) is 12.9. The first-order valence-electron chi connectivity index (χ1n) is 14.8. The Morgan fingerprint density at radius 3 is 2.31 bits per heavy atom. The average Bonchev–Trinajstić information content (AvgIpc) is 2.94. The Labute approximate surface area is 250 Å². The highest BCUT2D eigenvalue weighted by Crippen LogP contribution is 2.44. The SMILES string of the molecule is C=Cc1ncc(-c2ccc(OCc3ccccc3)cn2)c(N2CCC(C)(C)CC2)c1[C@H](OC(C)(C)C)C(=O)OC(C)C. The van der Waals surface area contributed by atoms with Crippen LogP contribution in [0.3, 0.4) is 0 Å². The number of benzene rings is 1. The molecule has 42 heavy (non-hydrogen) atoms. The number of hydrogen-bond acceptors (Lipinski definition) is 7. The summed E-state index contributed by atoms with van der Waals surface area (Å²) in [6, 6.07) is 13.9. The van der Waals surface area contributed by atoms with Crippen molar-refractivity contribution in [2.75, 3.05) is 18.0 Å². The summed E-state index contributed by atoms with van der Waals surface area (Å²) < 4.78 is 18.2. The van der Waals surface area contributed by atoms with Crippen molar-refractivity contribution in [3.05, 3.63) is 78.3 Å². The van der Waals surface area contributed by atoms with Gasteiger partial charge in [0.1, 0.15) is 12.4 Å². The van der Waals surface area contributed by atoms with Crippen molar-refractivity contribution in [2.24, 2.45) is 5.41 Å². The molecule has 0 N–H and O–H groups in total. The fourth-order valence-corrected chi connectivity index (χ4v) is 5.05. The van der Waals surface area contributed by atoms with Gasteiger partial charge in [0, 0.05) is 30.4 Å². The maximum absolute atomic E-state index is 13.7. The molecule has 7 heteroatoms. The number of pyridine rings is 2. The molecule has 0 unspecified atom stereocenters. The van der Waals surface area contributed by atoms with Gasteiger partial charge >= 0.3 is 5.97 Å². The van der Waals surface area contributed by atoms with Gasteiger partial charge in [0.25, 0.3) is 0 Å². The molecule has 1 aliphatic heterocycles. The fourth-order valence-electron chi connectivity index (χ4n) is 5.05. The zero-order valence-corrected chi connectivity index (χ0v) is 26.1. The van der Waals surface area contributed by atoms with Crippen LogP contribution in [0.1, 0.15) is 84.2 Å². The summed E-state index contributed by atoms with van der Waals surface area (Å²) >= 11 is 0. The molecule has 1 fully saturated rings. The standard InChI is InChI=1S/C35H45N3O4/c1-9-28-30(32(42-34(4,5)6)33(39)41-24(2)3)31(38-19-17-35(7,8)18-20-38)27(22-37-28)29-16-15-26(21-36-29)40-23-25-13-11-10-12-14-25/h9-16,21-22,24,32H,1,17-20,23H2,2-8H3/t32-/m0/s1. The lowest BCUT2D eigenvalue weighted by molar-refractivity contribution is -0.171. The van der Waals surface area contributed by atoms with Crippen LogP contribution in [0.2, 0.25) is 0 Å². The smallest absolute Gasteiger partial charge is 0.340 e. The number of esters is 1. The molecule has 7 nitrogen and oxygen atoms in total. The molecular weight excluding hydrogens is 526 g/mol. The molecule has 0 bridgehead atoms. The maximum Gasteiger partial charge on any atom is 0.340 e. The number of rotatable bonds is 10. The topological polar surface area (TPSA) is 73.8 Å². The van der Waals surface area contributed by atoms with E-state index in [1.165, 1.54) is 0 Å². The molecule has 2 aromatic heterocycles. The molecule has 4 rings (SSSR count). The maximum atomic E-state index is 13.7. The van der Waals surface area contributed by atoms with Crippen LogP contribution < -0.4 is 9.64 Å². The molecule has 3 heterocycles. The van der Waals surface area contributed by atoms with Crippen LogP contribution in [-0.4, -0.2) is 40.7 Å². The van der Waals surface area contributed by atoms with Crippen molar-refractivity contribution in [3.63, 3.8) is 0 Å². The minimum absolute atomic E-state index is 0.235. The molecule has 0 spiro atoms. The van der Waals surface area contributed by atoms with E-state index in [4.69, 9.17) is 24.2 Å². The third-order valence-corrected chi connectivity index (χ3v) is 7.31. The van der Waals surface area contributed by atoms with Crippen LogP contribution >= 0.6 is 0 Å². The zero-order valence-electron chi connectivity index (χ0n) is 26.1. The van der Waals surface area contributed by atoms with Crippen molar-refractivity contribution in [3.8, 4) is 17.0 Å². The van der Waals surface area contributed by atoms with Gasteiger partial charge in [-0.2, -0.15) is 0 Å². The van der Waals surface area contributed by atoms with Crippen LogP contribution in [0.5, 0.6) is 5.75 Å². The van der Waals surface area contributed by atoms with Crippen LogP contribution in [0.15, 0.2) is 61.4 Å². The highest BCUT2D eigenvalue weighted by molar-refractivity contribution is 5.87. The van der Waals surface area contributed by atoms with Crippen molar-refractivity contribution in [1.29, 1.82) is 0 Å². The normalized spacial score (nSPS) is 15.8. The first-order valence-corrected chi connectivity index (χ1v) is 14.8. The lowest BCUT2D eigenvalue weighted by Gasteiger charge is -2.41. The van der Waals surface area contributed by atoms with Gasteiger partial charge in [-0.3, -0.25) is 9.97 Å². The average molecular weight is 572 g/mol. The summed E-state index contributed by atoms with van der Waals surface area (Å²) in [5.41, 5.74) is 4.40. The Morgan fingerprint density at radius 1 is 1.05 bits per heavy atom. The third kappa shape index (κ3) is 7.97. The molecule has 1 atom stereocenters. The van der Waals surface area contributed by atoms with Crippen molar-refractivity contribution < 1.29 is 19.0 Å². The molecule has 0 radical (unpaired) electrons. The first-order chi connectivity index (χ1) is 19.9. The van der Waals surface area contributed by atoms with E-state index in [0.29, 0.717) is 23.6 Å². The van der Waals surface area contributed by atoms with Crippen LogP contribution in [0, 0.1) is 5.41 Å². The second kappa shape index (κ2) is 13.1. The Kier molecular flexibility index (Phi) is 9.72. The van der Waals surface area contributed by atoms with Gasteiger partial charge in [-0.15, -0.1) is 0 Å². The highest BCUT2D eigenvalue weighted by Gasteiger charge is 2.37. The van der Waals surface area contributed by atoms with Gasteiger partial charge in [-0.1, -0.05) is 50.8 Å². The van der Waals surface area contributed by atoms with Gasteiger partial charge in [0.2, 0.25) is 0 Å². The molecule has 0 saturated carbocycles.